The van der Waals surface area contributed by atoms with Crippen LogP contribution in [0.1, 0.15) is 78.1 Å². The van der Waals surface area contributed by atoms with Gasteiger partial charge in [-0.15, -0.1) is 11.3 Å². The van der Waals surface area contributed by atoms with Crippen molar-refractivity contribution in [2.75, 3.05) is 19.6 Å². The third kappa shape index (κ3) is 6.22. The summed E-state index contributed by atoms with van der Waals surface area (Å²) in [5.41, 5.74) is 4.04. The average molecular weight is 548 g/mol. The summed E-state index contributed by atoms with van der Waals surface area (Å²) in [4.78, 5) is 43.2. The lowest BCUT2D eigenvalue weighted by Crippen LogP contribution is -2.47. The molecule has 0 aliphatic carbocycles. The molecule has 1 unspecified atom stereocenters. The van der Waals surface area contributed by atoms with Crippen molar-refractivity contribution in [3.8, 4) is 0 Å². The lowest BCUT2D eigenvalue weighted by atomic mass is 9.85. The second-order valence-electron chi connectivity index (χ2n) is 11.7. The Bertz CT molecular complexity index is 1370. The fourth-order valence-electron chi connectivity index (χ4n) is 5.15. The van der Waals surface area contributed by atoms with Crippen molar-refractivity contribution in [3.63, 3.8) is 0 Å². The van der Waals surface area contributed by atoms with Gasteiger partial charge in [-0.3, -0.25) is 19.7 Å². The molecular formula is C31H37N3O4S. The number of rotatable bonds is 7. The number of carbonyl (C=O) groups excluding carboxylic acids is 2. The van der Waals surface area contributed by atoms with Gasteiger partial charge in [-0.2, -0.15) is 0 Å². The van der Waals surface area contributed by atoms with Gasteiger partial charge in [0.1, 0.15) is 6.54 Å². The minimum Gasteiger partial charge on any atom is -0.330 e. The van der Waals surface area contributed by atoms with Gasteiger partial charge in [-0.25, -0.2) is 0 Å². The first-order valence-corrected chi connectivity index (χ1v) is 14.2. The Morgan fingerprint density at radius 3 is 2.44 bits per heavy atom. The van der Waals surface area contributed by atoms with Crippen molar-refractivity contribution < 1.29 is 14.5 Å². The van der Waals surface area contributed by atoms with Gasteiger partial charge >= 0.3 is 0 Å². The molecule has 7 nitrogen and oxygen atoms in total. The highest BCUT2D eigenvalue weighted by atomic mass is 32.1. The molecule has 4 rings (SSSR count). The number of benzene rings is 2. The number of nitrogens with zero attached hydrogens (tertiary/aromatic N) is 3. The molecule has 39 heavy (non-hydrogen) atoms. The normalized spacial score (nSPS) is 15.3. The molecule has 1 aliphatic rings. The maximum Gasteiger partial charge on any atom is 0.273 e. The van der Waals surface area contributed by atoms with Gasteiger partial charge in [0.25, 0.3) is 11.6 Å². The molecule has 1 aliphatic heterocycles. The minimum absolute atomic E-state index is 0.0247. The van der Waals surface area contributed by atoms with Crippen molar-refractivity contribution in [2.45, 2.75) is 59.4 Å². The Hall–Kier alpha value is -3.52. The van der Waals surface area contributed by atoms with E-state index >= 15 is 0 Å². The van der Waals surface area contributed by atoms with E-state index in [0.29, 0.717) is 18.7 Å². The van der Waals surface area contributed by atoms with E-state index in [1.54, 1.807) is 30.4 Å². The summed E-state index contributed by atoms with van der Waals surface area (Å²) in [5, 5.41) is 13.6. The first-order chi connectivity index (χ1) is 18.4. The van der Waals surface area contributed by atoms with E-state index in [-0.39, 0.29) is 47.0 Å². The average Bonchev–Trinajstić information content (AvgIpc) is 3.35. The monoisotopic (exact) mass is 547 g/mol. The first kappa shape index (κ1) is 28.5. The summed E-state index contributed by atoms with van der Waals surface area (Å²) in [6.07, 6.45) is 0.775. The number of nitro groups is 1. The van der Waals surface area contributed by atoms with Crippen LogP contribution in [0.4, 0.5) is 5.69 Å². The van der Waals surface area contributed by atoms with Crippen molar-refractivity contribution >= 4 is 28.8 Å². The van der Waals surface area contributed by atoms with E-state index in [1.807, 2.05) is 18.7 Å². The summed E-state index contributed by atoms with van der Waals surface area (Å²) in [6, 6.07) is 14.9. The number of fused-ring (bicyclic) bond motifs is 1. The Morgan fingerprint density at radius 1 is 1.13 bits per heavy atom. The SMILES string of the molecule is Cc1ccc(C(=O)N(CC(=O)N2CCc3sccc3C2c2ccc(C(C)(C)C)cc2)CC(C)C)cc1[N+](=O)[O-]. The van der Waals surface area contributed by atoms with Crippen molar-refractivity contribution in [1.29, 1.82) is 0 Å². The zero-order valence-electron chi connectivity index (χ0n) is 23.6. The molecule has 206 valence electrons. The lowest BCUT2D eigenvalue weighted by Gasteiger charge is -2.38. The summed E-state index contributed by atoms with van der Waals surface area (Å²) in [5.74, 6) is -0.389. The topological polar surface area (TPSA) is 83.8 Å². The largest absolute Gasteiger partial charge is 0.330 e. The van der Waals surface area contributed by atoms with Crippen LogP contribution >= 0.6 is 11.3 Å². The summed E-state index contributed by atoms with van der Waals surface area (Å²) < 4.78 is 0. The van der Waals surface area contributed by atoms with E-state index in [4.69, 9.17) is 0 Å². The predicted molar refractivity (Wildman–Crippen MR) is 155 cm³/mol. The molecule has 3 aromatic rings. The molecule has 1 aromatic heterocycles. The summed E-state index contributed by atoms with van der Waals surface area (Å²) >= 11 is 1.72. The maximum absolute atomic E-state index is 13.9. The van der Waals surface area contributed by atoms with Gasteiger partial charge in [0.15, 0.2) is 0 Å². The van der Waals surface area contributed by atoms with Gasteiger partial charge in [-0.1, -0.05) is 65.0 Å². The van der Waals surface area contributed by atoms with Gasteiger partial charge in [0, 0.05) is 35.2 Å². The molecule has 0 radical (unpaired) electrons. The van der Waals surface area contributed by atoms with Gasteiger partial charge in [0.05, 0.1) is 11.0 Å². The number of nitro benzene ring substituents is 1. The zero-order chi connectivity index (χ0) is 28.5. The number of thiophene rings is 1. The van der Waals surface area contributed by atoms with E-state index in [1.165, 1.54) is 21.4 Å². The van der Waals surface area contributed by atoms with Crippen LogP contribution in [-0.4, -0.2) is 46.2 Å². The Balaban J connectivity index is 1.64. The van der Waals surface area contributed by atoms with Crippen LogP contribution in [0.2, 0.25) is 0 Å². The molecule has 2 aromatic carbocycles. The highest BCUT2D eigenvalue weighted by Crippen LogP contribution is 2.38. The number of carbonyl (C=O) groups is 2. The quantitative estimate of drug-likeness (QED) is 0.249. The van der Waals surface area contributed by atoms with Crippen LogP contribution in [0.5, 0.6) is 0 Å². The molecule has 8 heteroatoms. The van der Waals surface area contributed by atoms with Crippen LogP contribution < -0.4 is 0 Å². The standard InChI is InChI=1S/C31H37N3O4S/c1-20(2)18-32(30(36)23-8-7-21(3)26(17-23)34(37)38)19-28(35)33-15-13-27-25(14-16-39-27)29(33)22-9-11-24(12-10-22)31(4,5)6/h7-12,14,16-17,20,29H,13,15,18-19H2,1-6H3. The third-order valence-electron chi connectivity index (χ3n) is 7.23. The summed E-state index contributed by atoms with van der Waals surface area (Å²) in [6.45, 7) is 13.0. The van der Waals surface area contributed by atoms with Crippen molar-refractivity contribution in [2.24, 2.45) is 5.92 Å². The van der Waals surface area contributed by atoms with Crippen molar-refractivity contribution in [3.05, 3.63) is 96.7 Å². The van der Waals surface area contributed by atoms with Gasteiger partial charge < -0.3 is 9.80 Å². The number of amides is 2. The molecular weight excluding hydrogens is 510 g/mol. The first-order valence-electron chi connectivity index (χ1n) is 13.4. The Labute approximate surface area is 234 Å². The fourth-order valence-corrected chi connectivity index (χ4v) is 6.05. The van der Waals surface area contributed by atoms with Crippen LogP contribution in [0.15, 0.2) is 53.9 Å². The second kappa shape index (κ2) is 11.3. The fraction of sp³-hybridized carbons (Fsp3) is 0.419. The van der Waals surface area contributed by atoms with Gasteiger partial charge in [0.2, 0.25) is 5.91 Å². The molecule has 1 atom stereocenters. The molecule has 0 N–H and O–H groups in total. The number of aryl methyl sites for hydroxylation is 1. The van der Waals surface area contributed by atoms with E-state index in [9.17, 15) is 19.7 Å². The highest BCUT2D eigenvalue weighted by molar-refractivity contribution is 7.10. The minimum atomic E-state index is -0.480. The smallest absolute Gasteiger partial charge is 0.273 e. The molecule has 2 heterocycles. The van der Waals surface area contributed by atoms with Crippen LogP contribution in [0.3, 0.4) is 0 Å². The molecule has 2 amide bonds. The van der Waals surface area contributed by atoms with Crippen LogP contribution in [0.25, 0.3) is 0 Å². The zero-order valence-corrected chi connectivity index (χ0v) is 24.4. The van der Waals surface area contributed by atoms with E-state index < -0.39 is 4.92 Å². The van der Waals surface area contributed by atoms with E-state index in [2.05, 4.69) is 56.5 Å². The molecule has 0 saturated heterocycles. The van der Waals surface area contributed by atoms with Crippen LogP contribution in [0, 0.1) is 23.0 Å². The van der Waals surface area contributed by atoms with Crippen molar-refractivity contribution in [1.82, 2.24) is 9.80 Å². The highest BCUT2D eigenvalue weighted by Gasteiger charge is 2.34. The molecule has 0 spiro atoms. The summed E-state index contributed by atoms with van der Waals surface area (Å²) in [7, 11) is 0. The van der Waals surface area contributed by atoms with Gasteiger partial charge in [-0.05, 0) is 58.9 Å². The molecule has 0 fully saturated rings. The molecule has 0 bridgehead atoms. The molecule has 0 saturated carbocycles. The Morgan fingerprint density at radius 2 is 1.82 bits per heavy atom. The van der Waals surface area contributed by atoms with E-state index in [0.717, 1.165) is 17.5 Å². The predicted octanol–water partition coefficient (Wildman–Crippen LogP) is 6.53. The lowest BCUT2D eigenvalue weighted by molar-refractivity contribution is -0.385. The maximum atomic E-state index is 13.9. The number of hydrogen-bond acceptors (Lipinski definition) is 5. The Kier molecular flexibility index (Phi) is 8.25. The van der Waals surface area contributed by atoms with Crippen LogP contribution in [-0.2, 0) is 16.6 Å². The third-order valence-corrected chi connectivity index (χ3v) is 8.23. The number of hydrogen-bond donors (Lipinski definition) is 0. The second-order valence-corrected chi connectivity index (χ2v) is 12.7.